The van der Waals surface area contributed by atoms with Crippen molar-refractivity contribution in [2.45, 2.75) is 31.5 Å². The Balaban J connectivity index is 1.56. The van der Waals surface area contributed by atoms with Gasteiger partial charge in [0.05, 0.1) is 11.0 Å². The molecule has 1 N–H and O–H groups in total. The van der Waals surface area contributed by atoms with Crippen molar-refractivity contribution < 1.29 is 9.31 Å². The molecular weight excluding hydrogens is 289 g/mol. The van der Waals surface area contributed by atoms with Crippen LogP contribution in [-0.4, -0.2) is 58.5 Å². The molecule has 22 heavy (non-hydrogen) atoms. The lowest BCUT2D eigenvalue weighted by atomic mass is 9.95. The molecule has 7 nitrogen and oxygen atoms in total. The molecule has 0 amide bonds. The number of rotatable bonds is 4. The number of halogens is 1. The highest BCUT2D eigenvalue weighted by atomic mass is 19.1. The number of alkyl halides is 1. The first-order chi connectivity index (χ1) is 10.6. The number of hydrogen-bond donors (Lipinski definition) is 1. The summed E-state index contributed by atoms with van der Waals surface area (Å²) in [6, 6.07) is -0.391. The minimum Gasteiger partial charge on any atom is -0.317 e. The molecule has 0 bridgehead atoms. The fourth-order valence-corrected chi connectivity index (χ4v) is 3.45. The zero-order valence-corrected chi connectivity index (χ0v) is 12.5. The summed E-state index contributed by atoms with van der Waals surface area (Å²) in [5.41, 5.74) is -0.0793. The van der Waals surface area contributed by atoms with Crippen molar-refractivity contribution in [1.82, 2.24) is 20.0 Å². The molecule has 122 valence electrons. The zero-order chi connectivity index (χ0) is 15.5. The molecule has 2 atom stereocenters. The number of piperidine rings is 2. The number of likely N-dealkylation sites (tertiary alicyclic amines) is 1. The lowest BCUT2D eigenvalue weighted by Gasteiger charge is -2.37. The first-order valence-electron chi connectivity index (χ1n) is 7.89. The van der Waals surface area contributed by atoms with Gasteiger partial charge in [-0.2, -0.15) is 5.10 Å². The van der Waals surface area contributed by atoms with Crippen molar-refractivity contribution in [3.8, 4) is 0 Å². The van der Waals surface area contributed by atoms with Crippen LogP contribution in [0.5, 0.6) is 0 Å². The van der Waals surface area contributed by atoms with E-state index in [1.165, 1.54) is 17.1 Å². The third-order valence-electron chi connectivity index (χ3n) is 4.70. The van der Waals surface area contributed by atoms with Crippen LogP contribution in [0.3, 0.4) is 0 Å². The highest BCUT2D eigenvalue weighted by molar-refractivity contribution is 5.21. The van der Waals surface area contributed by atoms with Gasteiger partial charge in [-0.25, -0.2) is 4.39 Å². The molecule has 0 spiro atoms. The van der Waals surface area contributed by atoms with Crippen molar-refractivity contribution in [2.75, 3.05) is 32.7 Å². The summed E-state index contributed by atoms with van der Waals surface area (Å²) in [5, 5.41) is 18.0. The molecule has 1 aromatic rings. The number of hydrogen-bond acceptors (Lipinski definition) is 5. The molecule has 0 radical (unpaired) electrons. The first-order valence-corrected chi connectivity index (χ1v) is 7.89. The van der Waals surface area contributed by atoms with Crippen molar-refractivity contribution in [3.05, 3.63) is 22.5 Å². The van der Waals surface area contributed by atoms with E-state index in [9.17, 15) is 14.5 Å². The van der Waals surface area contributed by atoms with Gasteiger partial charge in [-0.05, 0) is 38.3 Å². The summed E-state index contributed by atoms with van der Waals surface area (Å²) in [7, 11) is 0. The second kappa shape index (κ2) is 6.70. The SMILES string of the molecule is O=[N+]([O-])c1cnn([C@@H]2CCN(CC3CCNCC3)C[C@@H]2F)c1. The predicted molar refractivity (Wildman–Crippen MR) is 79.5 cm³/mol. The molecule has 0 unspecified atom stereocenters. The Bertz CT molecular complexity index is 517. The lowest BCUT2D eigenvalue weighted by Crippen LogP contribution is -2.45. The summed E-state index contributed by atoms with van der Waals surface area (Å²) in [6.07, 6.45) is 4.44. The van der Waals surface area contributed by atoms with Gasteiger partial charge in [0, 0.05) is 19.6 Å². The second-order valence-electron chi connectivity index (χ2n) is 6.26. The van der Waals surface area contributed by atoms with E-state index in [0.717, 1.165) is 39.0 Å². The average Bonchev–Trinajstić information content (AvgIpc) is 2.98. The second-order valence-corrected chi connectivity index (χ2v) is 6.26. The predicted octanol–water partition coefficient (Wildman–Crippen LogP) is 1.38. The van der Waals surface area contributed by atoms with Crippen LogP contribution >= 0.6 is 0 Å². The quantitative estimate of drug-likeness (QED) is 0.671. The molecule has 2 aliphatic heterocycles. The van der Waals surface area contributed by atoms with Gasteiger partial charge in [0.2, 0.25) is 0 Å². The number of aromatic nitrogens is 2. The van der Waals surface area contributed by atoms with Crippen LogP contribution in [0.4, 0.5) is 10.1 Å². The largest absolute Gasteiger partial charge is 0.317 e. The van der Waals surface area contributed by atoms with Crippen LogP contribution in [0.15, 0.2) is 12.4 Å². The van der Waals surface area contributed by atoms with E-state index in [-0.39, 0.29) is 5.69 Å². The van der Waals surface area contributed by atoms with Gasteiger partial charge < -0.3 is 10.2 Å². The number of nitro groups is 1. The maximum Gasteiger partial charge on any atom is 0.307 e. The number of nitrogens with one attached hydrogen (secondary N) is 1. The van der Waals surface area contributed by atoms with Crippen LogP contribution in [0.2, 0.25) is 0 Å². The zero-order valence-electron chi connectivity index (χ0n) is 12.5. The smallest absolute Gasteiger partial charge is 0.307 e. The average molecular weight is 311 g/mol. The molecule has 0 aromatic carbocycles. The Morgan fingerprint density at radius 1 is 1.41 bits per heavy atom. The van der Waals surface area contributed by atoms with Crippen LogP contribution in [0.25, 0.3) is 0 Å². The van der Waals surface area contributed by atoms with Gasteiger partial charge >= 0.3 is 5.69 Å². The molecular formula is C14H22FN5O2. The van der Waals surface area contributed by atoms with Gasteiger partial charge in [-0.1, -0.05) is 0 Å². The highest BCUT2D eigenvalue weighted by Crippen LogP contribution is 2.27. The van der Waals surface area contributed by atoms with E-state index in [4.69, 9.17) is 0 Å². The first kappa shape index (κ1) is 15.4. The van der Waals surface area contributed by atoms with Crippen LogP contribution in [-0.2, 0) is 0 Å². The fourth-order valence-electron chi connectivity index (χ4n) is 3.45. The summed E-state index contributed by atoms with van der Waals surface area (Å²) in [4.78, 5) is 12.4. The lowest BCUT2D eigenvalue weighted by molar-refractivity contribution is -0.385. The normalized spacial score (nSPS) is 27.9. The van der Waals surface area contributed by atoms with Crippen molar-refractivity contribution >= 4 is 5.69 Å². The highest BCUT2D eigenvalue weighted by Gasteiger charge is 2.32. The molecule has 2 aliphatic rings. The van der Waals surface area contributed by atoms with Crippen molar-refractivity contribution in [2.24, 2.45) is 5.92 Å². The molecule has 1 aromatic heterocycles. The third kappa shape index (κ3) is 3.44. The molecule has 8 heteroatoms. The minimum absolute atomic E-state index is 0.0793. The maximum atomic E-state index is 14.5. The van der Waals surface area contributed by atoms with E-state index >= 15 is 0 Å². The Morgan fingerprint density at radius 3 is 2.82 bits per heavy atom. The Labute approximate surface area is 128 Å². The van der Waals surface area contributed by atoms with Crippen LogP contribution in [0.1, 0.15) is 25.3 Å². The molecule has 3 rings (SSSR count). The van der Waals surface area contributed by atoms with E-state index < -0.39 is 17.1 Å². The molecule has 3 heterocycles. The van der Waals surface area contributed by atoms with E-state index in [1.807, 2.05) is 0 Å². The Kier molecular flexibility index (Phi) is 4.68. The Hall–Kier alpha value is -1.54. The summed E-state index contributed by atoms with van der Waals surface area (Å²) >= 11 is 0. The molecule has 0 aliphatic carbocycles. The third-order valence-corrected chi connectivity index (χ3v) is 4.70. The summed E-state index contributed by atoms with van der Waals surface area (Å²) in [6.45, 7) is 4.27. The molecule has 0 saturated carbocycles. The fraction of sp³-hybridized carbons (Fsp3) is 0.786. The van der Waals surface area contributed by atoms with Gasteiger partial charge in [0.1, 0.15) is 18.6 Å². The van der Waals surface area contributed by atoms with Gasteiger partial charge in [0.25, 0.3) is 0 Å². The summed E-state index contributed by atoms with van der Waals surface area (Å²) in [5.74, 6) is 0.649. The van der Waals surface area contributed by atoms with Crippen LogP contribution < -0.4 is 5.32 Å². The van der Waals surface area contributed by atoms with Gasteiger partial charge in [-0.3, -0.25) is 14.8 Å². The standard InChI is InChI=1S/C14H22FN5O2/c15-13-10-18(8-11-1-4-16-5-2-11)6-3-14(13)19-9-12(7-17-19)20(21)22/h7,9,11,13-14,16H,1-6,8,10H2/t13-,14+/m0/s1. The topological polar surface area (TPSA) is 76.2 Å². The van der Waals surface area contributed by atoms with E-state index in [2.05, 4.69) is 15.3 Å². The van der Waals surface area contributed by atoms with Crippen molar-refractivity contribution in [1.29, 1.82) is 0 Å². The monoisotopic (exact) mass is 311 g/mol. The Morgan fingerprint density at radius 2 is 2.18 bits per heavy atom. The van der Waals surface area contributed by atoms with Crippen molar-refractivity contribution in [3.63, 3.8) is 0 Å². The van der Waals surface area contributed by atoms with E-state index in [1.54, 1.807) is 0 Å². The summed E-state index contributed by atoms with van der Waals surface area (Å²) < 4.78 is 15.9. The number of nitrogens with zero attached hydrogens (tertiary/aromatic N) is 4. The van der Waals surface area contributed by atoms with Gasteiger partial charge in [-0.15, -0.1) is 0 Å². The van der Waals surface area contributed by atoms with Gasteiger partial charge in [0.15, 0.2) is 0 Å². The van der Waals surface area contributed by atoms with E-state index in [0.29, 0.717) is 18.9 Å². The molecule has 2 saturated heterocycles. The van der Waals surface area contributed by atoms with Crippen LogP contribution in [0, 0.1) is 16.0 Å². The molecule has 2 fully saturated rings. The minimum atomic E-state index is -1.03. The maximum absolute atomic E-state index is 14.5.